The van der Waals surface area contributed by atoms with Crippen molar-refractivity contribution in [2.45, 2.75) is 31.8 Å². The van der Waals surface area contributed by atoms with Crippen LogP contribution in [0.15, 0.2) is 23.6 Å². The molecule has 1 aliphatic rings. The van der Waals surface area contributed by atoms with Crippen LogP contribution in [0.3, 0.4) is 0 Å². The molecule has 2 amide bonds. The number of nitrogens with two attached hydrogens (primary N) is 1. The van der Waals surface area contributed by atoms with E-state index in [0.29, 0.717) is 11.3 Å². The molecule has 0 aliphatic carbocycles. The minimum Gasteiger partial charge on any atom is -0.366 e. The summed E-state index contributed by atoms with van der Waals surface area (Å²) in [5, 5.41) is 4.51. The Morgan fingerprint density at radius 2 is 2.16 bits per heavy atom. The second-order valence-electron chi connectivity index (χ2n) is 6.43. The Hall–Kier alpha value is -2.12. The molecule has 3 rings (SSSR count). The molecule has 0 spiro atoms. The summed E-state index contributed by atoms with van der Waals surface area (Å²) in [7, 11) is 3.60. The Morgan fingerprint density at radius 3 is 2.84 bits per heavy atom. The van der Waals surface area contributed by atoms with Crippen LogP contribution in [0, 0.1) is 0 Å². The standard InChI is InChI=1S/C18H24N4O2S/c1-20-18(24)16-7-6-14(21(16)2)15-5-3-4-8-22(15)10-13-9-12(11-25-13)17(19)23/h6-7,9,11,15H,3-5,8,10H2,1-2H3,(H2,19,23)(H,20,24)/t15-/m0/s1. The van der Waals surface area contributed by atoms with E-state index in [1.165, 1.54) is 6.42 Å². The smallest absolute Gasteiger partial charge is 0.267 e. The maximum absolute atomic E-state index is 12.0. The van der Waals surface area contributed by atoms with Crippen molar-refractivity contribution >= 4 is 23.2 Å². The van der Waals surface area contributed by atoms with Crippen LogP contribution in [-0.2, 0) is 13.6 Å². The summed E-state index contributed by atoms with van der Waals surface area (Å²) in [6, 6.07) is 6.10. The zero-order chi connectivity index (χ0) is 18.0. The average Bonchev–Trinajstić information content (AvgIpc) is 3.22. The van der Waals surface area contributed by atoms with E-state index < -0.39 is 0 Å². The highest BCUT2D eigenvalue weighted by Gasteiger charge is 2.27. The normalized spacial score (nSPS) is 18.2. The van der Waals surface area contributed by atoms with Gasteiger partial charge in [0.25, 0.3) is 5.91 Å². The molecule has 0 saturated carbocycles. The minimum absolute atomic E-state index is 0.0690. The Bertz CT molecular complexity index is 780. The monoisotopic (exact) mass is 360 g/mol. The number of thiophene rings is 1. The highest BCUT2D eigenvalue weighted by Crippen LogP contribution is 2.33. The fourth-order valence-corrected chi connectivity index (χ4v) is 4.42. The third kappa shape index (κ3) is 3.62. The summed E-state index contributed by atoms with van der Waals surface area (Å²) in [5.74, 6) is -0.448. The number of piperidine rings is 1. The molecule has 1 atom stereocenters. The van der Waals surface area contributed by atoms with Crippen molar-refractivity contribution in [3.05, 3.63) is 45.4 Å². The first kappa shape index (κ1) is 17.7. The van der Waals surface area contributed by atoms with Crippen LogP contribution < -0.4 is 11.1 Å². The molecular formula is C18H24N4O2S. The fourth-order valence-electron chi connectivity index (χ4n) is 3.53. The number of rotatable bonds is 5. The predicted molar refractivity (Wildman–Crippen MR) is 98.6 cm³/mol. The van der Waals surface area contributed by atoms with Crippen LogP contribution in [0.4, 0.5) is 0 Å². The summed E-state index contributed by atoms with van der Waals surface area (Å²) < 4.78 is 1.99. The molecular weight excluding hydrogens is 336 g/mol. The van der Waals surface area contributed by atoms with Crippen molar-refractivity contribution in [2.24, 2.45) is 12.8 Å². The molecule has 3 N–H and O–H groups in total. The first-order valence-electron chi connectivity index (χ1n) is 8.50. The van der Waals surface area contributed by atoms with Gasteiger partial charge in [-0.1, -0.05) is 6.42 Å². The summed E-state index contributed by atoms with van der Waals surface area (Å²) >= 11 is 1.57. The van der Waals surface area contributed by atoms with E-state index in [-0.39, 0.29) is 17.9 Å². The predicted octanol–water partition coefficient (Wildman–Crippen LogP) is 2.27. The number of hydrogen-bond donors (Lipinski definition) is 2. The zero-order valence-corrected chi connectivity index (χ0v) is 15.4. The van der Waals surface area contributed by atoms with Crippen molar-refractivity contribution in [3.63, 3.8) is 0 Å². The first-order chi connectivity index (χ1) is 12.0. The maximum atomic E-state index is 12.0. The third-order valence-electron chi connectivity index (χ3n) is 4.87. The van der Waals surface area contributed by atoms with E-state index >= 15 is 0 Å². The summed E-state index contributed by atoms with van der Waals surface area (Å²) in [6.07, 6.45) is 3.41. The highest BCUT2D eigenvalue weighted by atomic mass is 32.1. The number of amides is 2. The second-order valence-corrected chi connectivity index (χ2v) is 7.43. The lowest BCUT2D eigenvalue weighted by molar-refractivity contribution is 0.0951. The van der Waals surface area contributed by atoms with Gasteiger partial charge in [0.1, 0.15) is 5.69 Å². The molecule has 1 fully saturated rings. The van der Waals surface area contributed by atoms with Crippen molar-refractivity contribution in [1.29, 1.82) is 0 Å². The first-order valence-corrected chi connectivity index (χ1v) is 9.38. The number of nitrogens with zero attached hydrogens (tertiary/aromatic N) is 2. The van der Waals surface area contributed by atoms with Gasteiger partial charge in [0.05, 0.1) is 11.6 Å². The van der Waals surface area contributed by atoms with Crippen molar-refractivity contribution in [3.8, 4) is 0 Å². The Balaban J connectivity index is 1.82. The molecule has 3 heterocycles. The Kier molecular flexibility index (Phi) is 5.24. The van der Waals surface area contributed by atoms with E-state index in [2.05, 4.69) is 16.3 Å². The van der Waals surface area contributed by atoms with Gasteiger partial charge in [-0.05, 0) is 37.6 Å². The van der Waals surface area contributed by atoms with E-state index in [1.807, 2.05) is 29.1 Å². The lowest BCUT2D eigenvalue weighted by Gasteiger charge is -2.36. The van der Waals surface area contributed by atoms with Gasteiger partial charge >= 0.3 is 0 Å². The number of primary amides is 1. The number of aromatic nitrogens is 1. The van der Waals surface area contributed by atoms with Crippen LogP contribution in [0.25, 0.3) is 0 Å². The minimum atomic E-state index is -0.379. The van der Waals surface area contributed by atoms with Crippen LogP contribution in [0.2, 0.25) is 0 Å². The topological polar surface area (TPSA) is 80.4 Å². The van der Waals surface area contributed by atoms with Gasteiger partial charge in [0.15, 0.2) is 0 Å². The molecule has 0 unspecified atom stereocenters. The van der Waals surface area contributed by atoms with Crippen molar-refractivity contribution < 1.29 is 9.59 Å². The number of likely N-dealkylation sites (tertiary alicyclic amines) is 1. The Labute approximate surface area is 151 Å². The van der Waals surface area contributed by atoms with Gasteiger partial charge in [-0.2, -0.15) is 0 Å². The van der Waals surface area contributed by atoms with Crippen LogP contribution in [-0.4, -0.2) is 34.9 Å². The van der Waals surface area contributed by atoms with Crippen LogP contribution >= 0.6 is 11.3 Å². The largest absolute Gasteiger partial charge is 0.366 e. The van der Waals surface area contributed by atoms with Crippen molar-refractivity contribution in [1.82, 2.24) is 14.8 Å². The third-order valence-corrected chi connectivity index (χ3v) is 5.79. The zero-order valence-electron chi connectivity index (χ0n) is 14.6. The molecule has 2 aromatic heterocycles. The van der Waals surface area contributed by atoms with Gasteiger partial charge in [-0.3, -0.25) is 14.5 Å². The fraction of sp³-hybridized carbons (Fsp3) is 0.444. The van der Waals surface area contributed by atoms with Gasteiger partial charge < -0.3 is 15.6 Å². The van der Waals surface area contributed by atoms with Crippen LogP contribution in [0.5, 0.6) is 0 Å². The quantitative estimate of drug-likeness (QED) is 0.858. The molecule has 25 heavy (non-hydrogen) atoms. The number of nitrogens with one attached hydrogen (secondary N) is 1. The van der Waals surface area contributed by atoms with Gasteiger partial charge in [0, 0.05) is 36.6 Å². The summed E-state index contributed by atoms with van der Waals surface area (Å²) in [5.41, 5.74) is 7.77. The number of carbonyl (C=O) groups is 2. The van der Waals surface area contributed by atoms with Gasteiger partial charge in [-0.15, -0.1) is 11.3 Å². The molecule has 1 saturated heterocycles. The molecule has 1 aliphatic heterocycles. The SMILES string of the molecule is CNC(=O)c1ccc([C@@H]2CCCCN2Cc2cc(C(N)=O)cs2)n1C. The van der Waals surface area contributed by atoms with Gasteiger partial charge in [0.2, 0.25) is 5.91 Å². The number of carbonyl (C=O) groups excluding carboxylic acids is 2. The van der Waals surface area contributed by atoms with Gasteiger partial charge in [-0.25, -0.2) is 0 Å². The lowest BCUT2D eigenvalue weighted by atomic mass is 9.99. The van der Waals surface area contributed by atoms with E-state index in [9.17, 15) is 9.59 Å². The average molecular weight is 360 g/mol. The highest BCUT2D eigenvalue weighted by molar-refractivity contribution is 7.10. The Morgan fingerprint density at radius 1 is 1.36 bits per heavy atom. The molecule has 0 bridgehead atoms. The molecule has 6 nitrogen and oxygen atoms in total. The van der Waals surface area contributed by atoms with Crippen LogP contribution in [0.1, 0.15) is 56.7 Å². The molecule has 2 aromatic rings. The summed E-state index contributed by atoms with van der Waals surface area (Å²) in [6.45, 7) is 1.80. The molecule has 0 aromatic carbocycles. The molecule has 7 heteroatoms. The number of hydrogen-bond acceptors (Lipinski definition) is 4. The molecule has 0 radical (unpaired) electrons. The summed E-state index contributed by atoms with van der Waals surface area (Å²) in [4.78, 5) is 26.9. The maximum Gasteiger partial charge on any atom is 0.267 e. The lowest BCUT2D eigenvalue weighted by Crippen LogP contribution is -2.34. The van der Waals surface area contributed by atoms with E-state index in [0.717, 1.165) is 36.5 Å². The van der Waals surface area contributed by atoms with E-state index in [4.69, 9.17) is 5.73 Å². The molecule has 134 valence electrons. The van der Waals surface area contributed by atoms with E-state index in [1.54, 1.807) is 18.4 Å². The second kappa shape index (κ2) is 7.41. The van der Waals surface area contributed by atoms with Crippen molar-refractivity contribution in [2.75, 3.05) is 13.6 Å².